The van der Waals surface area contributed by atoms with Gasteiger partial charge in [-0.05, 0) is 75.9 Å². The van der Waals surface area contributed by atoms with Crippen molar-refractivity contribution >= 4 is 47.4 Å². The number of hydrogen-bond donors (Lipinski definition) is 2. The van der Waals surface area contributed by atoms with Gasteiger partial charge in [-0.25, -0.2) is 9.97 Å². The third-order valence-electron chi connectivity index (χ3n) is 6.95. The molecular formula is C30H39N7O2S. The number of anilines is 3. The Morgan fingerprint density at radius 1 is 1.15 bits per heavy atom. The van der Waals surface area contributed by atoms with Crippen molar-refractivity contribution in [3.63, 3.8) is 0 Å². The van der Waals surface area contributed by atoms with Crippen molar-refractivity contribution < 1.29 is 9.90 Å². The summed E-state index contributed by atoms with van der Waals surface area (Å²) in [5, 5.41) is 14.2. The van der Waals surface area contributed by atoms with Crippen LogP contribution < -0.4 is 10.2 Å². The summed E-state index contributed by atoms with van der Waals surface area (Å²) in [6.07, 6.45) is 2.72. The molecule has 9 nitrogen and oxygen atoms in total. The number of carbonyl (C=O) groups excluding carboxylic acids is 1. The van der Waals surface area contributed by atoms with E-state index in [0.717, 1.165) is 54.1 Å². The van der Waals surface area contributed by atoms with Crippen molar-refractivity contribution in [2.24, 2.45) is 4.99 Å². The van der Waals surface area contributed by atoms with E-state index in [2.05, 4.69) is 69.1 Å². The SMILES string of the molecule is C=Nc1ccc(N(C)c2ccc(C)cc2)nc1SCNc1cc(CCN2CCN(C(=O)C(C)(C)O)CC2)ccn1. The quantitative estimate of drug-likeness (QED) is 0.201. The number of aryl methyl sites for hydroxylation is 1. The smallest absolute Gasteiger partial charge is 0.254 e. The third kappa shape index (κ3) is 7.80. The number of nitrogens with zero attached hydrogens (tertiary/aromatic N) is 6. The molecule has 1 aliphatic rings. The Balaban J connectivity index is 1.29. The number of aliphatic imine (C=N–C) groups is 1. The van der Waals surface area contributed by atoms with Gasteiger partial charge in [-0.15, -0.1) is 0 Å². The van der Waals surface area contributed by atoms with Gasteiger partial charge in [0.25, 0.3) is 5.91 Å². The van der Waals surface area contributed by atoms with Gasteiger partial charge in [0.1, 0.15) is 22.3 Å². The van der Waals surface area contributed by atoms with E-state index in [-0.39, 0.29) is 5.91 Å². The number of aromatic nitrogens is 2. The standard InChI is InChI=1S/C30H39N7O2S/c1-22-6-8-24(9-7-22)35(5)27-11-10-25(31-4)28(34-27)40-21-33-26-20-23(12-14-32-26)13-15-36-16-18-37(19-17-36)29(38)30(2,3)39/h6-12,14,20,39H,4,13,15-19,21H2,1-3,5H3,(H,32,33). The Bertz CT molecular complexity index is 1300. The van der Waals surface area contributed by atoms with Crippen LogP contribution in [0, 0.1) is 6.92 Å². The van der Waals surface area contributed by atoms with E-state index in [0.29, 0.717) is 19.0 Å². The van der Waals surface area contributed by atoms with Gasteiger partial charge in [-0.3, -0.25) is 14.7 Å². The largest absolute Gasteiger partial charge is 0.381 e. The molecule has 0 bridgehead atoms. The molecule has 1 aromatic carbocycles. The molecule has 1 aliphatic heterocycles. The summed E-state index contributed by atoms with van der Waals surface area (Å²) in [7, 11) is 2.01. The first-order chi connectivity index (χ1) is 19.1. The molecule has 1 saturated heterocycles. The fraction of sp³-hybridized carbons (Fsp3) is 0.400. The van der Waals surface area contributed by atoms with Gasteiger partial charge >= 0.3 is 0 Å². The zero-order valence-electron chi connectivity index (χ0n) is 23.8. The number of pyridine rings is 2. The lowest BCUT2D eigenvalue weighted by Crippen LogP contribution is -2.54. The lowest BCUT2D eigenvalue weighted by Gasteiger charge is -2.37. The highest BCUT2D eigenvalue weighted by Crippen LogP contribution is 2.32. The van der Waals surface area contributed by atoms with Gasteiger partial charge in [0.15, 0.2) is 0 Å². The second-order valence-electron chi connectivity index (χ2n) is 10.5. The van der Waals surface area contributed by atoms with Crippen LogP contribution in [0.5, 0.6) is 0 Å². The molecule has 0 radical (unpaired) electrons. The highest BCUT2D eigenvalue weighted by molar-refractivity contribution is 7.99. The fourth-order valence-corrected chi connectivity index (χ4v) is 5.29. The monoisotopic (exact) mass is 561 g/mol. The Morgan fingerprint density at radius 2 is 1.88 bits per heavy atom. The molecule has 1 fully saturated rings. The molecule has 3 aromatic rings. The molecule has 0 unspecified atom stereocenters. The van der Waals surface area contributed by atoms with Crippen molar-refractivity contribution in [3.05, 3.63) is 65.9 Å². The van der Waals surface area contributed by atoms with Gasteiger partial charge in [0, 0.05) is 51.7 Å². The van der Waals surface area contributed by atoms with E-state index < -0.39 is 5.60 Å². The molecule has 2 N–H and O–H groups in total. The maximum Gasteiger partial charge on any atom is 0.254 e. The number of aliphatic hydroxyl groups is 1. The maximum atomic E-state index is 12.3. The molecular weight excluding hydrogens is 522 g/mol. The van der Waals surface area contributed by atoms with Gasteiger partial charge < -0.3 is 20.2 Å². The number of piperazine rings is 1. The van der Waals surface area contributed by atoms with Crippen LogP contribution in [0.4, 0.5) is 23.0 Å². The van der Waals surface area contributed by atoms with Crippen LogP contribution in [0.1, 0.15) is 25.0 Å². The summed E-state index contributed by atoms with van der Waals surface area (Å²) in [6, 6.07) is 16.4. The Morgan fingerprint density at radius 3 is 2.55 bits per heavy atom. The highest BCUT2D eigenvalue weighted by atomic mass is 32.2. The van der Waals surface area contributed by atoms with Gasteiger partial charge in [0.05, 0.1) is 11.6 Å². The Labute approximate surface area is 241 Å². The molecule has 2 aromatic heterocycles. The Kier molecular flexibility index (Phi) is 9.78. The number of benzene rings is 1. The summed E-state index contributed by atoms with van der Waals surface area (Å²) in [6.45, 7) is 12.7. The Hall–Kier alpha value is -3.47. The third-order valence-corrected chi connectivity index (χ3v) is 7.81. The van der Waals surface area contributed by atoms with Crippen molar-refractivity contribution in [2.45, 2.75) is 37.8 Å². The van der Waals surface area contributed by atoms with Crippen LogP contribution in [0.25, 0.3) is 0 Å². The maximum absolute atomic E-state index is 12.3. The first-order valence-electron chi connectivity index (χ1n) is 13.5. The zero-order valence-corrected chi connectivity index (χ0v) is 24.6. The van der Waals surface area contributed by atoms with E-state index in [1.165, 1.54) is 11.1 Å². The van der Waals surface area contributed by atoms with Crippen molar-refractivity contribution in [3.8, 4) is 0 Å². The molecule has 0 atom stereocenters. The average molecular weight is 562 g/mol. The number of thioether (sulfide) groups is 1. The minimum atomic E-state index is -1.32. The van der Waals surface area contributed by atoms with Gasteiger partial charge in [0.2, 0.25) is 0 Å². The molecule has 0 aliphatic carbocycles. The summed E-state index contributed by atoms with van der Waals surface area (Å²) in [5.74, 6) is 2.03. The summed E-state index contributed by atoms with van der Waals surface area (Å²) < 4.78 is 0. The molecule has 0 saturated carbocycles. The number of nitrogens with one attached hydrogen (secondary N) is 1. The topological polar surface area (TPSA) is 97.2 Å². The van der Waals surface area contributed by atoms with Crippen LogP contribution in [0.2, 0.25) is 0 Å². The second kappa shape index (κ2) is 13.3. The van der Waals surface area contributed by atoms with Crippen LogP contribution in [-0.2, 0) is 11.2 Å². The molecule has 1 amide bonds. The lowest BCUT2D eigenvalue weighted by atomic mass is 10.1. The van der Waals surface area contributed by atoms with Crippen LogP contribution in [0.3, 0.4) is 0 Å². The van der Waals surface area contributed by atoms with E-state index in [9.17, 15) is 9.90 Å². The number of carbonyl (C=O) groups is 1. The fourth-order valence-electron chi connectivity index (χ4n) is 4.49. The van der Waals surface area contributed by atoms with E-state index in [1.807, 2.05) is 31.4 Å². The average Bonchev–Trinajstić information content (AvgIpc) is 2.95. The van der Waals surface area contributed by atoms with Crippen LogP contribution >= 0.6 is 11.8 Å². The molecule has 40 heavy (non-hydrogen) atoms. The molecule has 10 heteroatoms. The van der Waals surface area contributed by atoms with Gasteiger partial charge in [-0.2, -0.15) is 0 Å². The first-order valence-corrected chi connectivity index (χ1v) is 14.5. The second-order valence-corrected chi connectivity index (χ2v) is 11.5. The molecule has 0 spiro atoms. The normalized spacial score (nSPS) is 14.2. The number of hydrogen-bond acceptors (Lipinski definition) is 9. The molecule has 4 rings (SSSR count). The van der Waals surface area contributed by atoms with Crippen molar-refractivity contribution in [1.29, 1.82) is 0 Å². The number of rotatable bonds is 11. The van der Waals surface area contributed by atoms with Crippen molar-refractivity contribution in [2.75, 3.05) is 55.9 Å². The number of amides is 1. The predicted octanol–water partition coefficient (Wildman–Crippen LogP) is 4.50. The highest BCUT2D eigenvalue weighted by Gasteiger charge is 2.31. The summed E-state index contributed by atoms with van der Waals surface area (Å²) in [4.78, 5) is 32.0. The van der Waals surface area contributed by atoms with E-state index in [4.69, 9.17) is 4.98 Å². The lowest BCUT2D eigenvalue weighted by molar-refractivity contribution is -0.149. The van der Waals surface area contributed by atoms with Crippen molar-refractivity contribution in [1.82, 2.24) is 19.8 Å². The van der Waals surface area contributed by atoms with E-state index >= 15 is 0 Å². The molecule has 212 valence electrons. The minimum absolute atomic E-state index is 0.203. The van der Waals surface area contributed by atoms with Crippen LogP contribution in [0.15, 0.2) is 64.7 Å². The minimum Gasteiger partial charge on any atom is -0.381 e. The summed E-state index contributed by atoms with van der Waals surface area (Å²) >= 11 is 1.56. The molecule has 3 heterocycles. The summed E-state index contributed by atoms with van der Waals surface area (Å²) in [5.41, 5.74) is 2.92. The van der Waals surface area contributed by atoms with Gasteiger partial charge in [-0.1, -0.05) is 29.5 Å². The predicted molar refractivity (Wildman–Crippen MR) is 164 cm³/mol. The van der Waals surface area contributed by atoms with Crippen LogP contribution in [-0.4, -0.2) is 88.7 Å². The first kappa shape index (κ1) is 29.5. The zero-order chi connectivity index (χ0) is 28.7. The van der Waals surface area contributed by atoms with E-state index in [1.54, 1.807) is 30.5 Å².